The van der Waals surface area contributed by atoms with Crippen molar-refractivity contribution in [3.63, 3.8) is 0 Å². The van der Waals surface area contributed by atoms with E-state index >= 15 is 0 Å². The van der Waals surface area contributed by atoms with E-state index in [-0.39, 0.29) is 4.90 Å². The number of nitrogens with zero attached hydrogens (tertiary/aromatic N) is 2. The minimum Gasteiger partial charge on any atom is -0.348 e. The van der Waals surface area contributed by atoms with E-state index in [1.807, 2.05) is 6.07 Å². The van der Waals surface area contributed by atoms with Crippen LogP contribution in [0.1, 0.15) is 5.69 Å². The molecule has 3 aromatic rings. The molecule has 0 saturated carbocycles. The Labute approximate surface area is 122 Å². The van der Waals surface area contributed by atoms with Gasteiger partial charge in [-0.2, -0.15) is 0 Å². The third-order valence-corrected chi connectivity index (χ3v) is 4.69. The van der Waals surface area contributed by atoms with Gasteiger partial charge in [0.2, 0.25) is 10.0 Å². The molecule has 3 rings (SSSR count). The van der Waals surface area contributed by atoms with Crippen LogP contribution < -0.4 is 4.72 Å². The Morgan fingerprint density at radius 3 is 2.86 bits per heavy atom. The Morgan fingerprint density at radius 2 is 2.05 bits per heavy atom. The van der Waals surface area contributed by atoms with Crippen LogP contribution in [-0.4, -0.2) is 29.9 Å². The topological polar surface area (TPSA) is 87.7 Å². The quantitative estimate of drug-likeness (QED) is 0.747. The zero-order chi connectivity index (χ0) is 14.7. The van der Waals surface area contributed by atoms with Crippen molar-refractivity contribution in [3.05, 3.63) is 54.9 Å². The third kappa shape index (κ3) is 2.93. The molecule has 0 atom stereocenters. The Bertz CT molecular complexity index is 839. The van der Waals surface area contributed by atoms with Gasteiger partial charge in [-0.1, -0.05) is 12.1 Å². The van der Waals surface area contributed by atoms with Gasteiger partial charge in [-0.05, 0) is 12.1 Å². The van der Waals surface area contributed by atoms with Gasteiger partial charge in [0.05, 0.1) is 11.2 Å². The summed E-state index contributed by atoms with van der Waals surface area (Å²) >= 11 is 0. The third-order valence-electron chi connectivity index (χ3n) is 3.17. The van der Waals surface area contributed by atoms with E-state index in [4.69, 9.17) is 0 Å². The van der Waals surface area contributed by atoms with Crippen LogP contribution in [0.15, 0.2) is 54.1 Å². The van der Waals surface area contributed by atoms with Gasteiger partial charge in [0.1, 0.15) is 0 Å². The number of benzene rings is 1. The van der Waals surface area contributed by atoms with E-state index in [1.54, 1.807) is 43.1 Å². The fourth-order valence-corrected chi connectivity index (χ4v) is 3.41. The molecule has 2 aromatic heterocycles. The number of pyridine rings is 1. The van der Waals surface area contributed by atoms with Crippen LogP contribution in [0.2, 0.25) is 0 Å². The Hall–Kier alpha value is -2.25. The van der Waals surface area contributed by atoms with Gasteiger partial charge in [-0.25, -0.2) is 18.1 Å². The zero-order valence-electron chi connectivity index (χ0n) is 11.2. The summed E-state index contributed by atoms with van der Waals surface area (Å²) in [5.41, 5.74) is 0.889. The predicted molar refractivity (Wildman–Crippen MR) is 79.2 cm³/mol. The number of H-pyrrole nitrogens is 1. The van der Waals surface area contributed by atoms with Crippen LogP contribution in [0, 0.1) is 0 Å². The highest BCUT2D eigenvalue weighted by Crippen LogP contribution is 2.21. The normalized spacial score (nSPS) is 11.8. The second-order valence-electron chi connectivity index (χ2n) is 4.58. The van der Waals surface area contributed by atoms with Gasteiger partial charge < -0.3 is 4.98 Å². The highest BCUT2D eigenvalue weighted by molar-refractivity contribution is 7.89. The molecular weight excluding hydrogens is 288 g/mol. The van der Waals surface area contributed by atoms with Gasteiger partial charge in [-0.3, -0.25) is 4.98 Å². The maximum atomic E-state index is 12.4. The molecule has 0 unspecified atom stereocenters. The average Bonchev–Trinajstić information content (AvgIpc) is 3.00. The summed E-state index contributed by atoms with van der Waals surface area (Å²) in [4.78, 5) is 11.1. The van der Waals surface area contributed by atoms with E-state index in [0.717, 1.165) is 11.1 Å². The first-order valence-electron chi connectivity index (χ1n) is 6.46. The van der Waals surface area contributed by atoms with Crippen molar-refractivity contribution >= 4 is 20.8 Å². The Morgan fingerprint density at radius 1 is 1.14 bits per heavy atom. The van der Waals surface area contributed by atoms with Crippen molar-refractivity contribution in [1.82, 2.24) is 19.7 Å². The SMILES string of the molecule is O=S(=O)(NCCc1cnc[nH]1)c1cccc2cnccc12. The first-order chi connectivity index (χ1) is 10.2. The van der Waals surface area contributed by atoms with Gasteiger partial charge >= 0.3 is 0 Å². The molecule has 0 spiro atoms. The largest absolute Gasteiger partial charge is 0.348 e. The van der Waals surface area contributed by atoms with Crippen molar-refractivity contribution < 1.29 is 8.42 Å². The number of nitrogens with one attached hydrogen (secondary N) is 2. The summed E-state index contributed by atoms with van der Waals surface area (Å²) < 4.78 is 27.4. The summed E-state index contributed by atoms with van der Waals surface area (Å²) in [6, 6.07) is 6.86. The standard InChI is InChI=1S/C14H14N4O2S/c19-21(20,18-7-4-12-9-16-10-17-12)14-3-1-2-11-8-15-6-5-13(11)14/h1-3,5-6,8-10,18H,4,7H2,(H,16,17). The summed E-state index contributed by atoms with van der Waals surface area (Å²) in [7, 11) is -3.55. The molecule has 0 aliphatic rings. The number of rotatable bonds is 5. The molecule has 6 nitrogen and oxygen atoms in total. The van der Waals surface area contributed by atoms with Crippen molar-refractivity contribution in [1.29, 1.82) is 0 Å². The molecule has 21 heavy (non-hydrogen) atoms. The van der Waals surface area contributed by atoms with Crippen molar-refractivity contribution in [2.24, 2.45) is 0 Å². The first kappa shape index (κ1) is 13.7. The monoisotopic (exact) mass is 302 g/mol. The number of fused-ring (bicyclic) bond motifs is 1. The molecule has 0 bridgehead atoms. The minimum atomic E-state index is -3.55. The summed E-state index contributed by atoms with van der Waals surface area (Å²) in [6.07, 6.45) is 7.05. The highest BCUT2D eigenvalue weighted by atomic mass is 32.2. The van der Waals surface area contributed by atoms with Crippen LogP contribution in [-0.2, 0) is 16.4 Å². The smallest absolute Gasteiger partial charge is 0.241 e. The number of imidazole rings is 1. The molecule has 0 aliphatic heterocycles. The maximum Gasteiger partial charge on any atom is 0.241 e. The number of aromatic nitrogens is 3. The van der Waals surface area contributed by atoms with Gasteiger partial charge in [0.15, 0.2) is 0 Å². The fourth-order valence-electron chi connectivity index (χ4n) is 2.15. The van der Waals surface area contributed by atoms with Gasteiger partial charge in [0.25, 0.3) is 0 Å². The lowest BCUT2D eigenvalue weighted by Gasteiger charge is -2.09. The Balaban J connectivity index is 1.83. The minimum absolute atomic E-state index is 0.270. The second kappa shape index (κ2) is 5.63. The van der Waals surface area contributed by atoms with Crippen molar-refractivity contribution in [2.45, 2.75) is 11.3 Å². The molecule has 0 saturated heterocycles. The first-order valence-corrected chi connectivity index (χ1v) is 7.95. The molecule has 1 aromatic carbocycles. The molecule has 108 valence electrons. The number of sulfonamides is 1. The average molecular weight is 302 g/mol. The van der Waals surface area contributed by atoms with E-state index in [1.165, 1.54) is 0 Å². The van der Waals surface area contributed by atoms with E-state index in [2.05, 4.69) is 19.7 Å². The maximum absolute atomic E-state index is 12.4. The van der Waals surface area contributed by atoms with Crippen LogP contribution in [0.5, 0.6) is 0 Å². The predicted octanol–water partition coefficient (Wildman–Crippen LogP) is 1.48. The molecule has 2 N–H and O–H groups in total. The molecular formula is C14H14N4O2S. The van der Waals surface area contributed by atoms with Crippen LogP contribution in [0.3, 0.4) is 0 Å². The van der Waals surface area contributed by atoms with Crippen molar-refractivity contribution in [3.8, 4) is 0 Å². The zero-order valence-corrected chi connectivity index (χ0v) is 12.0. The molecule has 7 heteroatoms. The lowest BCUT2D eigenvalue weighted by Crippen LogP contribution is -2.26. The molecule has 0 amide bonds. The number of aromatic amines is 1. The lowest BCUT2D eigenvalue weighted by molar-refractivity contribution is 0.582. The number of hydrogen-bond donors (Lipinski definition) is 2. The second-order valence-corrected chi connectivity index (χ2v) is 6.31. The molecule has 0 fully saturated rings. The summed E-state index contributed by atoms with van der Waals surface area (Å²) in [6.45, 7) is 0.312. The van der Waals surface area contributed by atoms with Crippen LogP contribution in [0.4, 0.5) is 0 Å². The molecule has 0 aliphatic carbocycles. The molecule has 2 heterocycles. The molecule has 0 radical (unpaired) electrons. The van der Waals surface area contributed by atoms with E-state index in [9.17, 15) is 8.42 Å². The lowest BCUT2D eigenvalue weighted by atomic mass is 10.2. The highest BCUT2D eigenvalue weighted by Gasteiger charge is 2.16. The van der Waals surface area contributed by atoms with Crippen LogP contribution >= 0.6 is 0 Å². The van der Waals surface area contributed by atoms with E-state index in [0.29, 0.717) is 18.4 Å². The van der Waals surface area contributed by atoms with Gasteiger partial charge in [-0.15, -0.1) is 0 Å². The number of hydrogen-bond acceptors (Lipinski definition) is 4. The summed E-state index contributed by atoms with van der Waals surface area (Å²) in [5.74, 6) is 0. The summed E-state index contributed by atoms with van der Waals surface area (Å²) in [5, 5.41) is 1.47. The van der Waals surface area contributed by atoms with Crippen molar-refractivity contribution in [2.75, 3.05) is 6.54 Å². The fraction of sp³-hybridized carbons (Fsp3) is 0.143. The van der Waals surface area contributed by atoms with Gasteiger partial charge in [0, 0.05) is 48.0 Å². The van der Waals surface area contributed by atoms with E-state index < -0.39 is 10.0 Å². The Kier molecular flexibility index (Phi) is 3.68. The van der Waals surface area contributed by atoms with Crippen LogP contribution in [0.25, 0.3) is 10.8 Å².